The first-order valence-electron chi connectivity index (χ1n) is 5.26. The summed E-state index contributed by atoms with van der Waals surface area (Å²) in [7, 11) is 0. The van der Waals surface area contributed by atoms with E-state index >= 15 is 0 Å². The fraction of sp³-hybridized carbons (Fsp3) is 0.600. The Labute approximate surface area is 88.6 Å². The third kappa shape index (κ3) is 2.02. The van der Waals surface area contributed by atoms with Gasteiger partial charge < -0.3 is 10.6 Å². The first-order chi connectivity index (χ1) is 7.18. The molecule has 0 bridgehead atoms. The maximum Gasteiger partial charge on any atom is 0.272 e. The number of aromatic amines is 1. The Hall–Kier alpha value is -1.36. The average Bonchev–Trinajstić information content (AvgIpc) is 2.59. The molecule has 1 aliphatic heterocycles. The molecule has 3 N–H and O–H groups in total. The summed E-state index contributed by atoms with van der Waals surface area (Å²) in [5.74, 6) is -0.0793. The molecule has 2 heterocycles. The van der Waals surface area contributed by atoms with E-state index < -0.39 is 0 Å². The second-order valence-corrected chi connectivity index (χ2v) is 4.08. The number of rotatable bonds is 2. The molecule has 5 nitrogen and oxygen atoms in total. The standard InChI is InChI=1S/C10H16N4O/c1-6(2)12-10(15)9-7-3-4-11-5-8(7)13-14-9/h6,11H,3-5H2,1-2H3,(H,12,15)(H,13,14). The van der Waals surface area contributed by atoms with Crippen LogP contribution in [0.2, 0.25) is 0 Å². The Morgan fingerprint density at radius 3 is 3.07 bits per heavy atom. The van der Waals surface area contributed by atoms with E-state index in [9.17, 15) is 4.79 Å². The zero-order chi connectivity index (χ0) is 10.8. The van der Waals surface area contributed by atoms with Gasteiger partial charge in [-0.15, -0.1) is 0 Å². The van der Waals surface area contributed by atoms with Crippen molar-refractivity contribution in [3.63, 3.8) is 0 Å². The molecule has 2 rings (SSSR count). The van der Waals surface area contributed by atoms with Gasteiger partial charge in [-0.2, -0.15) is 5.10 Å². The number of carbonyl (C=O) groups is 1. The number of aromatic nitrogens is 2. The van der Waals surface area contributed by atoms with Gasteiger partial charge in [-0.1, -0.05) is 0 Å². The number of nitrogens with zero attached hydrogens (tertiary/aromatic N) is 1. The summed E-state index contributed by atoms with van der Waals surface area (Å²) in [6.45, 7) is 5.57. The SMILES string of the molecule is CC(C)NC(=O)c1n[nH]c2c1CCNC2. The highest BCUT2D eigenvalue weighted by atomic mass is 16.2. The van der Waals surface area contributed by atoms with Gasteiger partial charge in [0, 0.05) is 18.2 Å². The number of hydrogen-bond donors (Lipinski definition) is 3. The molecule has 0 saturated heterocycles. The molecule has 0 atom stereocenters. The highest BCUT2D eigenvalue weighted by molar-refractivity contribution is 5.94. The number of nitrogens with one attached hydrogen (secondary N) is 3. The summed E-state index contributed by atoms with van der Waals surface area (Å²) in [5.41, 5.74) is 2.65. The Morgan fingerprint density at radius 2 is 2.33 bits per heavy atom. The van der Waals surface area contributed by atoms with Crippen molar-refractivity contribution < 1.29 is 4.79 Å². The summed E-state index contributed by atoms with van der Waals surface area (Å²) in [6, 6.07) is 0.145. The summed E-state index contributed by atoms with van der Waals surface area (Å²) < 4.78 is 0. The molecular formula is C10H16N4O. The van der Waals surface area contributed by atoms with E-state index in [2.05, 4.69) is 20.8 Å². The smallest absolute Gasteiger partial charge is 0.272 e. The zero-order valence-electron chi connectivity index (χ0n) is 9.05. The zero-order valence-corrected chi connectivity index (χ0v) is 9.05. The largest absolute Gasteiger partial charge is 0.348 e. The van der Waals surface area contributed by atoms with Crippen molar-refractivity contribution in [3.05, 3.63) is 17.0 Å². The van der Waals surface area contributed by atoms with Crippen LogP contribution in [0.25, 0.3) is 0 Å². The molecule has 0 spiro atoms. The normalized spacial score (nSPS) is 15.1. The molecule has 1 amide bonds. The highest BCUT2D eigenvalue weighted by Gasteiger charge is 2.21. The summed E-state index contributed by atoms with van der Waals surface area (Å²) >= 11 is 0. The van der Waals surface area contributed by atoms with Crippen LogP contribution in [0.3, 0.4) is 0 Å². The minimum Gasteiger partial charge on any atom is -0.348 e. The number of hydrogen-bond acceptors (Lipinski definition) is 3. The highest BCUT2D eigenvalue weighted by Crippen LogP contribution is 2.15. The first kappa shape index (κ1) is 10.2. The lowest BCUT2D eigenvalue weighted by Gasteiger charge is -2.13. The number of fused-ring (bicyclic) bond motifs is 1. The number of carbonyl (C=O) groups excluding carboxylic acids is 1. The molecule has 0 aromatic carbocycles. The predicted molar refractivity (Wildman–Crippen MR) is 56.6 cm³/mol. The molecule has 0 aliphatic carbocycles. The fourth-order valence-corrected chi connectivity index (χ4v) is 1.76. The fourth-order valence-electron chi connectivity index (χ4n) is 1.76. The lowest BCUT2D eigenvalue weighted by atomic mass is 10.1. The van der Waals surface area contributed by atoms with Crippen LogP contribution in [-0.4, -0.2) is 28.7 Å². The molecule has 0 fully saturated rings. The molecule has 5 heteroatoms. The van der Waals surface area contributed by atoms with E-state index in [0.717, 1.165) is 30.8 Å². The molecule has 15 heavy (non-hydrogen) atoms. The van der Waals surface area contributed by atoms with Gasteiger partial charge >= 0.3 is 0 Å². The third-order valence-electron chi connectivity index (χ3n) is 2.44. The Morgan fingerprint density at radius 1 is 1.53 bits per heavy atom. The van der Waals surface area contributed by atoms with Crippen LogP contribution in [0.4, 0.5) is 0 Å². The minimum atomic E-state index is -0.0793. The molecule has 0 unspecified atom stereocenters. The maximum atomic E-state index is 11.8. The molecule has 1 aromatic heterocycles. The van der Waals surface area contributed by atoms with Gasteiger partial charge in [-0.3, -0.25) is 9.89 Å². The average molecular weight is 208 g/mol. The van der Waals surface area contributed by atoms with Crippen LogP contribution < -0.4 is 10.6 Å². The number of H-pyrrole nitrogens is 1. The van der Waals surface area contributed by atoms with Crippen LogP contribution in [-0.2, 0) is 13.0 Å². The van der Waals surface area contributed by atoms with Gasteiger partial charge in [0.2, 0.25) is 0 Å². The molecule has 0 radical (unpaired) electrons. The van der Waals surface area contributed by atoms with Crippen molar-refractivity contribution in [2.45, 2.75) is 32.9 Å². The van der Waals surface area contributed by atoms with Crippen molar-refractivity contribution in [1.82, 2.24) is 20.8 Å². The van der Waals surface area contributed by atoms with Crippen molar-refractivity contribution in [2.24, 2.45) is 0 Å². The van der Waals surface area contributed by atoms with Crippen LogP contribution in [0, 0.1) is 0 Å². The second kappa shape index (κ2) is 4.02. The van der Waals surface area contributed by atoms with Crippen LogP contribution in [0.5, 0.6) is 0 Å². The Balaban J connectivity index is 2.21. The van der Waals surface area contributed by atoms with Crippen molar-refractivity contribution in [2.75, 3.05) is 6.54 Å². The minimum absolute atomic E-state index is 0.0793. The van der Waals surface area contributed by atoms with Crippen molar-refractivity contribution >= 4 is 5.91 Å². The molecule has 82 valence electrons. The van der Waals surface area contributed by atoms with Gasteiger partial charge in [-0.05, 0) is 26.8 Å². The topological polar surface area (TPSA) is 69.8 Å². The molecule has 1 aliphatic rings. The van der Waals surface area contributed by atoms with E-state index in [1.54, 1.807) is 0 Å². The first-order valence-corrected chi connectivity index (χ1v) is 5.26. The third-order valence-corrected chi connectivity index (χ3v) is 2.44. The van der Waals surface area contributed by atoms with Gasteiger partial charge in [0.1, 0.15) is 0 Å². The Bertz CT molecular complexity index is 369. The van der Waals surface area contributed by atoms with Gasteiger partial charge in [0.05, 0.1) is 5.69 Å². The molecular weight excluding hydrogens is 192 g/mol. The van der Waals surface area contributed by atoms with Crippen LogP contribution in [0.1, 0.15) is 35.6 Å². The van der Waals surface area contributed by atoms with Crippen LogP contribution >= 0.6 is 0 Å². The summed E-state index contributed by atoms with van der Waals surface area (Å²) in [5, 5.41) is 13.1. The van der Waals surface area contributed by atoms with Gasteiger partial charge in [0.25, 0.3) is 5.91 Å². The maximum absolute atomic E-state index is 11.8. The lowest BCUT2D eigenvalue weighted by Crippen LogP contribution is -2.32. The second-order valence-electron chi connectivity index (χ2n) is 4.08. The van der Waals surface area contributed by atoms with Gasteiger partial charge in [0.15, 0.2) is 5.69 Å². The van der Waals surface area contributed by atoms with E-state index in [1.807, 2.05) is 13.8 Å². The van der Waals surface area contributed by atoms with E-state index in [4.69, 9.17) is 0 Å². The quantitative estimate of drug-likeness (QED) is 0.650. The Kier molecular flexibility index (Phi) is 2.73. The van der Waals surface area contributed by atoms with E-state index in [1.165, 1.54) is 0 Å². The summed E-state index contributed by atoms with van der Waals surface area (Å²) in [4.78, 5) is 11.8. The van der Waals surface area contributed by atoms with E-state index in [0.29, 0.717) is 5.69 Å². The molecule has 1 aromatic rings. The monoisotopic (exact) mass is 208 g/mol. The van der Waals surface area contributed by atoms with Gasteiger partial charge in [-0.25, -0.2) is 0 Å². The van der Waals surface area contributed by atoms with Crippen molar-refractivity contribution in [3.8, 4) is 0 Å². The van der Waals surface area contributed by atoms with E-state index in [-0.39, 0.29) is 11.9 Å². The van der Waals surface area contributed by atoms with Crippen molar-refractivity contribution in [1.29, 1.82) is 0 Å². The number of amides is 1. The molecule has 0 saturated carbocycles. The summed E-state index contributed by atoms with van der Waals surface area (Å²) in [6.07, 6.45) is 0.868. The predicted octanol–water partition coefficient (Wildman–Crippen LogP) is 0.194. The lowest BCUT2D eigenvalue weighted by molar-refractivity contribution is 0.0937. The van der Waals surface area contributed by atoms with Crippen LogP contribution in [0.15, 0.2) is 0 Å².